The Kier molecular flexibility index (Phi) is 6.06. The van der Waals surface area contributed by atoms with Crippen molar-refractivity contribution < 1.29 is 4.79 Å². The third-order valence-electron chi connectivity index (χ3n) is 1.30. The van der Waals surface area contributed by atoms with Gasteiger partial charge in [0.15, 0.2) is 0 Å². The van der Waals surface area contributed by atoms with Gasteiger partial charge in [-0.05, 0) is 6.42 Å². The number of amides is 1. The fourth-order valence-corrected chi connectivity index (χ4v) is 0.999. The van der Waals surface area contributed by atoms with Crippen molar-refractivity contribution in [2.45, 2.75) is 33.1 Å². The quantitative estimate of drug-likeness (QED) is 0.429. The second-order valence-corrected chi connectivity index (χ2v) is 3.48. The van der Waals surface area contributed by atoms with Gasteiger partial charge in [0.05, 0.1) is 22.9 Å². The standard InChI is InChI=1S/C7H14INO/c1-3-4-5-6-9(8)7(2)10/h3-6H2,1-2H3. The average Bonchev–Trinajstić information content (AvgIpc) is 1.88. The molecule has 0 spiro atoms. The van der Waals surface area contributed by atoms with E-state index in [1.165, 1.54) is 12.8 Å². The normalized spacial score (nSPS) is 9.50. The van der Waals surface area contributed by atoms with E-state index in [9.17, 15) is 4.79 Å². The van der Waals surface area contributed by atoms with Gasteiger partial charge >= 0.3 is 0 Å². The summed E-state index contributed by atoms with van der Waals surface area (Å²) >= 11 is 2.05. The van der Waals surface area contributed by atoms with Crippen LogP contribution in [-0.4, -0.2) is 15.6 Å². The topological polar surface area (TPSA) is 20.3 Å². The van der Waals surface area contributed by atoms with Crippen molar-refractivity contribution in [1.82, 2.24) is 3.11 Å². The Morgan fingerprint density at radius 3 is 2.50 bits per heavy atom. The fraction of sp³-hybridized carbons (Fsp3) is 0.857. The van der Waals surface area contributed by atoms with Gasteiger partial charge in [-0.1, -0.05) is 19.8 Å². The Hall–Kier alpha value is 0.200. The van der Waals surface area contributed by atoms with E-state index in [1.807, 2.05) is 0 Å². The highest BCUT2D eigenvalue weighted by Crippen LogP contribution is 2.03. The van der Waals surface area contributed by atoms with Crippen molar-refractivity contribution in [2.24, 2.45) is 0 Å². The zero-order valence-electron chi connectivity index (χ0n) is 6.56. The van der Waals surface area contributed by atoms with Crippen LogP contribution in [0.15, 0.2) is 0 Å². The van der Waals surface area contributed by atoms with E-state index in [1.54, 1.807) is 10.0 Å². The van der Waals surface area contributed by atoms with Crippen LogP contribution in [0.25, 0.3) is 0 Å². The third kappa shape index (κ3) is 5.02. The molecule has 10 heavy (non-hydrogen) atoms. The number of unbranched alkanes of at least 4 members (excludes halogenated alkanes) is 2. The molecule has 0 aromatic carbocycles. The number of rotatable bonds is 4. The van der Waals surface area contributed by atoms with Gasteiger partial charge in [-0.2, -0.15) is 0 Å². The highest BCUT2D eigenvalue weighted by Gasteiger charge is 2.01. The Morgan fingerprint density at radius 1 is 1.50 bits per heavy atom. The third-order valence-corrected chi connectivity index (χ3v) is 2.46. The minimum atomic E-state index is 0.150. The SMILES string of the molecule is CCCCCN(I)C(C)=O. The molecule has 0 N–H and O–H groups in total. The van der Waals surface area contributed by atoms with E-state index in [0.29, 0.717) is 0 Å². The molecule has 0 heterocycles. The molecule has 60 valence electrons. The van der Waals surface area contributed by atoms with Gasteiger partial charge in [0, 0.05) is 13.5 Å². The molecule has 0 rings (SSSR count). The van der Waals surface area contributed by atoms with Gasteiger partial charge in [-0.3, -0.25) is 7.91 Å². The van der Waals surface area contributed by atoms with Crippen LogP contribution >= 0.6 is 22.9 Å². The van der Waals surface area contributed by atoms with E-state index in [-0.39, 0.29) is 5.91 Å². The average molecular weight is 255 g/mol. The molecule has 0 fully saturated rings. The predicted octanol–water partition coefficient (Wildman–Crippen LogP) is 2.38. The molecule has 3 heteroatoms. The molecule has 0 aliphatic rings. The lowest BCUT2D eigenvalue weighted by atomic mass is 10.2. The summed E-state index contributed by atoms with van der Waals surface area (Å²) in [5.41, 5.74) is 0. The van der Waals surface area contributed by atoms with Crippen LogP contribution in [-0.2, 0) is 4.79 Å². The maximum atomic E-state index is 10.7. The second kappa shape index (κ2) is 5.95. The molecule has 0 saturated carbocycles. The van der Waals surface area contributed by atoms with E-state index >= 15 is 0 Å². The highest BCUT2D eigenvalue weighted by molar-refractivity contribution is 14.1. The molecule has 2 nitrogen and oxygen atoms in total. The summed E-state index contributed by atoms with van der Waals surface area (Å²) in [7, 11) is 0. The molecule has 0 bridgehead atoms. The van der Waals surface area contributed by atoms with Crippen LogP contribution in [0.2, 0.25) is 0 Å². The van der Waals surface area contributed by atoms with Gasteiger partial charge in [0.1, 0.15) is 0 Å². The molecule has 0 aromatic heterocycles. The number of halogens is 1. The molecule has 0 unspecified atom stereocenters. The zero-order valence-corrected chi connectivity index (χ0v) is 8.72. The van der Waals surface area contributed by atoms with Crippen LogP contribution < -0.4 is 0 Å². The van der Waals surface area contributed by atoms with Crippen molar-refractivity contribution in [1.29, 1.82) is 0 Å². The Labute approximate surface area is 76.5 Å². The van der Waals surface area contributed by atoms with Crippen molar-refractivity contribution in [3.8, 4) is 0 Å². The maximum Gasteiger partial charge on any atom is 0.228 e. The number of carbonyl (C=O) groups is 1. The van der Waals surface area contributed by atoms with Crippen molar-refractivity contribution >= 4 is 28.8 Å². The number of hydrogen-bond acceptors (Lipinski definition) is 1. The first-order chi connectivity index (χ1) is 4.68. The number of nitrogens with zero attached hydrogens (tertiary/aromatic N) is 1. The molecule has 0 aliphatic heterocycles. The lowest BCUT2D eigenvalue weighted by molar-refractivity contribution is -0.122. The van der Waals surface area contributed by atoms with Crippen LogP contribution in [0, 0.1) is 0 Å². The molecule has 0 aromatic rings. The molecule has 0 saturated heterocycles. The minimum absolute atomic E-state index is 0.150. The minimum Gasteiger partial charge on any atom is -0.285 e. The van der Waals surface area contributed by atoms with Crippen molar-refractivity contribution in [3.05, 3.63) is 0 Å². The monoisotopic (exact) mass is 255 g/mol. The van der Waals surface area contributed by atoms with Gasteiger partial charge in [-0.15, -0.1) is 0 Å². The molecule has 1 amide bonds. The molecular formula is C7H14INO. The lowest BCUT2D eigenvalue weighted by Crippen LogP contribution is -2.18. The summed E-state index contributed by atoms with van der Waals surface area (Å²) in [6.07, 6.45) is 3.55. The lowest BCUT2D eigenvalue weighted by Gasteiger charge is -2.10. The van der Waals surface area contributed by atoms with Crippen LogP contribution in [0.1, 0.15) is 33.1 Å². The summed E-state index contributed by atoms with van der Waals surface area (Å²) in [6.45, 7) is 4.65. The summed E-state index contributed by atoms with van der Waals surface area (Å²) in [5, 5.41) is 0. The van der Waals surface area contributed by atoms with Gasteiger partial charge in [0.2, 0.25) is 5.91 Å². The molecule has 0 radical (unpaired) electrons. The Bertz CT molecular complexity index is 106. The summed E-state index contributed by atoms with van der Waals surface area (Å²) < 4.78 is 1.73. The first kappa shape index (κ1) is 10.2. The van der Waals surface area contributed by atoms with Crippen LogP contribution in [0.3, 0.4) is 0 Å². The van der Waals surface area contributed by atoms with Gasteiger partial charge < -0.3 is 0 Å². The van der Waals surface area contributed by atoms with E-state index in [0.717, 1.165) is 13.0 Å². The predicted molar refractivity (Wildman–Crippen MR) is 50.9 cm³/mol. The number of hydrogen-bond donors (Lipinski definition) is 0. The summed E-state index contributed by atoms with van der Waals surface area (Å²) in [4.78, 5) is 10.7. The zero-order chi connectivity index (χ0) is 7.98. The van der Waals surface area contributed by atoms with Crippen molar-refractivity contribution in [2.75, 3.05) is 6.54 Å². The number of carbonyl (C=O) groups excluding carboxylic acids is 1. The van der Waals surface area contributed by atoms with Gasteiger partial charge in [-0.25, -0.2) is 0 Å². The van der Waals surface area contributed by atoms with Crippen LogP contribution in [0.5, 0.6) is 0 Å². The fourth-order valence-electron chi connectivity index (χ4n) is 0.658. The van der Waals surface area contributed by atoms with Crippen molar-refractivity contribution in [3.63, 3.8) is 0 Å². The highest BCUT2D eigenvalue weighted by atomic mass is 127. The molecular weight excluding hydrogens is 241 g/mol. The first-order valence-electron chi connectivity index (χ1n) is 3.62. The summed E-state index contributed by atoms with van der Waals surface area (Å²) in [5.74, 6) is 0.150. The van der Waals surface area contributed by atoms with Crippen LogP contribution in [0.4, 0.5) is 0 Å². The smallest absolute Gasteiger partial charge is 0.228 e. The van der Waals surface area contributed by atoms with Gasteiger partial charge in [0.25, 0.3) is 0 Å². The summed E-state index contributed by atoms with van der Waals surface area (Å²) in [6, 6.07) is 0. The molecule has 0 atom stereocenters. The Balaban J connectivity index is 3.21. The van der Waals surface area contributed by atoms with E-state index in [4.69, 9.17) is 0 Å². The largest absolute Gasteiger partial charge is 0.285 e. The maximum absolute atomic E-state index is 10.7. The first-order valence-corrected chi connectivity index (χ1v) is 4.58. The second-order valence-electron chi connectivity index (χ2n) is 2.31. The van der Waals surface area contributed by atoms with E-state index < -0.39 is 0 Å². The van der Waals surface area contributed by atoms with E-state index in [2.05, 4.69) is 29.8 Å². The Morgan fingerprint density at radius 2 is 2.10 bits per heavy atom. The molecule has 0 aliphatic carbocycles.